The number of aromatic nitrogens is 4. The first-order valence-corrected chi connectivity index (χ1v) is 12.1. The van der Waals surface area contributed by atoms with Crippen molar-refractivity contribution in [1.29, 1.82) is 0 Å². The lowest BCUT2D eigenvalue weighted by Gasteiger charge is -2.36. The summed E-state index contributed by atoms with van der Waals surface area (Å²) in [6.07, 6.45) is 3.79. The standard InChI is InChI=1S/C22H29N5O.C2H6.H3NS/c1-5-7-15-9-10-16(17-12-26(4)13-17)11-18(15)21-24-22(28)20-14(3)23-19(8-6-2)27(20)25-21;2*1-2/h9-11,17H,5-8,12-13H2,1-4H3,(H,24,25,28);1-2H3;2H,1H2. The molecular formula is C24H38N6OS. The molecular weight excluding hydrogens is 420 g/mol. The van der Waals surface area contributed by atoms with Gasteiger partial charge in [0.15, 0.2) is 11.3 Å². The molecule has 8 heteroatoms. The molecule has 7 nitrogen and oxygen atoms in total. The number of benzene rings is 1. The number of hydrogen-bond donors (Lipinski definition) is 3. The van der Waals surface area contributed by atoms with Crippen molar-refractivity contribution in [3.63, 3.8) is 0 Å². The van der Waals surface area contributed by atoms with Crippen molar-refractivity contribution < 1.29 is 0 Å². The van der Waals surface area contributed by atoms with E-state index in [4.69, 9.17) is 5.10 Å². The van der Waals surface area contributed by atoms with Crippen LogP contribution in [0.5, 0.6) is 0 Å². The zero-order valence-corrected chi connectivity index (χ0v) is 21.2. The molecule has 1 aliphatic rings. The molecule has 1 aromatic carbocycles. The zero-order chi connectivity index (χ0) is 23.8. The molecule has 0 atom stereocenters. The second kappa shape index (κ2) is 12.2. The smallest absolute Gasteiger partial charge is 0.277 e. The summed E-state index contributed by atoms with van der Waals surface area (Å²) < 4.78 is 1.76. The number of nitrogens with one attached hydrogen (secondary N) is 1. The summed E-state index contributed by atoms with van der Waals surface area (Å²) in [5, 5.41) is 9.03. The van der Waals surface area contributed by atoms with Crippen molar-refractivity contribution in [2.24, 2.45) is 5.14 Å². The second-order valence-corrected chi connectivity index (χ2v) is 8.01. The van der Waals surface area contributed by atoms with Gasteiger partial charge in [0, 0.05) is 31.0 Å². The Balaban J connectivity index is 0.000000860. The van der Waals surface area contributed by atoms with Crippen LogP contribution in [-0.2, 0) is 12.8 Å². The van der Waals surface area contributed by atoms with Crippen LogP contribution in [-0.4, -0.2) is 44.6 Å². The van der Waals surface area contributed by atoms with E-state index in [1.54, 1.807) is 4.52 Å². The molecule has 1 fully saturated rings. The van der Waals surface area contributed by atoms with Crippen LogP contribution in [0.3, 0.4) is 0 Å². The molecule has 176 valence electrons. The van der Waals surface area contributed by atoms with Crippen LogP contribution in [0.1, 0.15) is 69.1 Å². The number of aromatic amines is 1. The van der Waals surface area contributed by atoms with Gasteiger partial charge in [-0.3, -0.25) is 9.93 Å². The topological polar surface area (TPSA) is 92.3 Å². The highest BCUT2D eigenvalue weighted by atomic mass is 32.1. The SMILES string of the molecule is CC.CCCc1ccc(C2CN(C)C2)cc1-c1nn2c(CCC)nc(C)c2c(=O)[nH]1.NS. The van der Waals surface area contributed by atoms with E-state index < -0.39 is 0 Å². The lowest BCUT2D eigenvalue weighted by Crippen LogP contribution is -2.41. The second-order valence-electron chi connectivity index (χ2n) is 8.01. The normalized spacial score (nSPS) is 13.8. The van der Waals surface area contributed by atoms with E-state index >= 15 is 0 Å². The third-order valence-corrected chi connectivity index (χ3v) is 5.66. The fourth-order valence-electron chi connectivity index (χ4n) is 4.21. The Kier molecular flexibility index (Phi) is 9.93. The predicted octanol–water partition coefficient (Wildman–Crippen LogP) is 4.14. The summed E-state index contributed by atoms with van der Waals surface area (Å²) in [5.74, 6) is 2.06. The Hall–Kier alpha value is -2.16. The van der Waals surface area contributed by atoms with E-state index in [0.29, 0.717) is 17.3 Å². The maximum Gasteiger partial charge on any atom is 0.277 e. The minimum atomic E-state index is -0.117. The fraction of sp³-hybridized carbons (Fsp3) is 0.542. The average molecular weight is 459 g/mol. The van der Waals surface area contributed by atoms with Crippen LogP contribution >= 0.6 is 12.8 Å². The Labute approximate surface area is 197 Å². The third kappa shape index (κ3) is 5.42. The molecule has 0 aliphatic carbocycles. The van der Waals surface area contributed by atoms with Crippen molar-refractivity contribution in [3.8, 4) is 11.4 Å². The number of H-pyrrole nitrogens is 1. The van der Waals surface area contributed by atoms with Gasteiger partial charge in [-0.1, -0.05) is 46.2 Å². The molecule has 32 heavy (non-hydrogen) atoms. The number of likely N-dealkylation sites (N-methyl/N-ethyl adjacent to an activating group) is 1. The first kappa shape index (κ1) is 26.1. The van der Waals surface area contributed by atoms with Gasteiger partial charge in [-0.05, 0) is 44.0 Å². The van der Waals surface area contributed by atoms with Crippen LogP contribution in [0.25, 0.3) is 16.9 Å². The molecule has 0 bridgehead atoms. The molecule has 0 amide bonds. The zero-order valence-electron chi connectivity index (χ0n) is 20.3. The van der Waals surface area contributed by atoms with Crippen molar-refractivity contribution >= 4 is 18.3 Å². The van der Waals surface area contributed by atoms with Crippen molar-refractivity contribution in [2.75, 3.05) is 20.1 Å². The van der Waals surface area contributed by atoms with E-state index in [-0.39, 0.29) is 5.56 Å². The molecule has 3 N–H and O–H groups in total. The summed E-state index contributed by atoms with van der Waals surface area (Å²) in [4.78, 5) is 22.8. The molecule has 4 rings (SSSR count). The minimum Gasteiger partial charge on any atom is -0.305 e. The van der Waals surface area contributed by atoms with Gasteiger partial charge in [0.1, 0.15) is 5.82 Å². The summed E-state index contributed by atoms with van der Waals surface area (Å²) in [5.41, 5.74) is 4.78. The van der Waals surface area contributed by atoms with Crippen LogP contribution in [0.4, 0.5) is 0 Å². The molecule has 0 spiro atoms. The highest BCUT2D eigenvalue weighted by Gasteiger charge is 2.26. The fourth-order valence-corrected chi connectivity index (χ4v) is 4.21. The number of likely N-dealkylation sites (tertiary alicyclic amines) is 1. The van der Waals surface area contributed by atoms with Gasteiger partial charge >= 0.3 is 0 Å². The van der Waals surface area contributed by atoms with E-state index in [2.05, 4.69) is 71.9 Å². The number of thiol groups is 1. The molecule has 0 saturated carbocycles. The van der Waals surface area contributed by atoms with Crippen LogP contribution in [0, 0.1) is 6.92 Å². The maximum atomic E-state index is 12.8. The molecule has 1 saturated heterocycles. The Morgan fingerprint density at radius 2 is 1.81 bits per heavy atom. The van der Waals surface area contributed by atoms with Crippen molar-refractivity contribution in [3.05, 3.63) is 51.2 Å². The number of imidazole rings is 1. The number of nitrogens with zero attached hydrogens (tertiary/aromatic N) is 4. The highest BCUT2D eigenvalue weighted by molar-refractivity contribution is 7.77. The van der Waals surface area contributed by atoms with Crippen molar-refractivity contribution in [2.45, 2.75) is 66.2 Å². The molecule has 2 aromatic heterocycles. The number of fused-ring (bicyclic) bond motifs is 1. The van der Waals surface area contributed by atoms with E-state index in [1.807, 2.05) is 20.8 Å². The number of rotatable bonds is 6. The Morgan fingerprint density at radius 3 is 2.41 bits per heavy atom. The van der Waals surface area contributed by atoms with Gasteiger partial charge in [-0.15, -0.1) is 17.9 Å². The quantitative estimate of drug-likeness (QED) is 0.483. The van der Waals surface area contributed by atoms with Gasteiger partial charge in [0.05, 0.1) is 5.69 Å². The Bertz CT molecular complexity index is 1070. The number of hydrogen-bond acceptors (Lipinski definition) is 6. The first-order valence-electron chi connectivity index (χ1n) is 11.6. The lowest BCUT2D eigenvalue weighted by atomic mass is 9.88. The lowest BCUT2D eigenvalue weighted by molar-refractivity contribution is 0.190. The molecule has 0 unspecified atom stereocenters. The highest BCUT2D eigenvalue weighted by Crippen LogP contribution is 2.31. The first-order chi connectivity index (χ1) is 15.5. The molecule has 3 aromatic rings. The molecule has 3 heterocycles. The van der Waals surface area contributed by atoms with Crippen LogP contribution < -0.4 is 10.7 Å². The van der Waals surface area contributed by atoms with Gasteiger partial charge in [0.2, 0.25) is 0 Å². The van der Waals surface area contributed by atoms with Gasteiger partial charge in [-0.2, -0.15) is 0 Å². The number of aryl methyl sites for hydroxylation is 3. The van der Waals surface area contributed by atoms with Gasteiger partial charge in [0.25, 0.3) is 5.56 Å². The maximum absolute atomic E-state index is 12.8. The minimum absolute atomic E-state index is 0.117. The molecule has 1 aliphatic heterocycles. The summed E-state index contributed by atoms with van der Waals surface area (Å²) in [6, 6.07) is 6.69. The number of nitrogens with two attached hydrogens (primary N) is 1. The van der Waals surface area contributed by atoms with Crippen molar-refractivity contribution in [1.82, 2.24) is 24.5 Å². The Morgan fingerprint density at radius 1 is 1.16 bits per heavy atom. The monoisotopic (exact) mass is 458 g/mol. The molecule has 0 radical (unpaired) electrons. The van der Waals surface area contributed by atoms with E-state index in [1.165, 1.54) is 11.1 Å². The summed E-state index contributed by atoms with van der Waals surface area (Å²) >= 11 is 3.03. The van der Waals surface area contributed by atoms with Crippen LogP contribution in [0.2, 0.25) is 0 Å². The van der Waals surface area contributed by atoms with E-state index in [0.717, 1.165) is 55.9 Å². The predicted molar refractivity (Wildman–Crippen MR) is 137 cm³/mol. The van der Waals surface area contributed by atoms with E-state index in [9.17, 15) is 4.79 Å². The van der Waals surface area contributed by atoms with Gasteiger partial charge in [-0.25, -0.2) is 9.50 Å². The average Bonchev–Trinajstić information content (AvgIpc) is 3.11. The van der Waals surface area contributed by atoms with Gasteiger partial charge < -0.3 is 9.88 Å². The van der Waals surface area contributed by atoms with Crippen LogP contribution in [0.15, 0.2) is 23.0 Å². The third-order valence-electron chi connectivity index (χ3n) is 5.66. The summed E-state index contributed by atoms with van der Waals surface area (Å²) in [6.45, 7) is 12.3. The summed E-state index contributed by atoms with van der Waals surface area (Å²) in [7, 11) is 2.15. The largest absolute Gasteiger partial charge is 0.305 e.